The zero-order valence-electron chi connectivity index (χ0n) is 12.4. The third kappa shape index (κ3) is 6.04. The number of carboxylic acid groups (broad SMARTS) is 1. The molecule has 2 amide bonds. The van der Waals surface area contributed by atoms with Crippen LogP contribution in [0.15, 0.2) is 0 Å². The van der Waals surface area contributed by atoms with Crippen LogP contribution in [0.3, 0.4) is 0 Å². The average molecular weight is 284 g/mol. The zero-order chi connectivity index (χ0) is 15.3. The lowest BCUT2D eigenvalue weighted by Crippen LogP contribution is -2.44. The van der Waals surface area contributed by atoms with Gasteiger partial charge in [0, 0.05) is 30.8 Å². The number of aliphatic carboxylic acids is 1. The van der Waals surface area contributed by atoms with Gasteiger partial charge in [-0.25, -0.2) is 0 Å². The molecule has 1 aliphatic carbocycles. The molecule has 1 saturated carbocycles. The van der Waals surface area contributed by atoms with Crippen molar-refractivity contribution in [3.8, 4) is 0 Å². The first kappa shape index (κ1) is 16.5. The summed E-state index contributed by atoms with van der Waals surface area (Å²) in [6.45, 7) is 5.93. The third-order valence-electron chi connectivity index (χ3n) is 3.54. The molecule has 3 N–H and O–H groups in total. The Hall–Kier alpha value is -1.59. The van der Waals surface area contributed by atoms with Gasteiger partial charge in [-0.05, 0) is 32.6 Å². The molecule has 114 valence electrons. The molecule has 0 saturated heterocycles. The SMILES string of the molecule is CC1CC1C(=O)NCCC(=O)NC(C)(C)CCC(=O)O. The van der Waals surface area contributed by atoms with Crippen LogP contribution in [-0.4, -0.2) is 35.0 Å². The smallest absolute Gasteiger partial charge is 0.303 e. The molecule has 0 aromatic heterocycles. The van der Waals surface area contributed by atoms with Gasteiger partial charge in [-0.15, -0.1) is 0 Å². The number of rotatable bonds is 8. The van der Waals surface area contributed by atoms with Crippen LogP contribution in [0.4, 0.5) is 0 Å². The fourth-order valence-corrected chi connectivity index (χ4v) is 2.04. The number of hydrogen-bond acceptors (Lipinski definition) is 3. The lowest BCUT2D eigenvalue weighted by Gasteiger charge is -2.25. The summed E-state index contributed by atoms with van der Waals surface area (Å²) < 4.78 is 0. The van der Waals surface area contributed by atoms with E-state index in [9.17, 15) is 14.4 Å². The van der Waals surface area contributed by atoms with Gasteiger partial charge in [0.1, 0.15) is 0 Å². The van der Waals surface area contributed by atoms with Gasteiger partial charge in [-0.3, -0.25) is 14.4 Å². The molecule has 1 aliphatic rings. The predicted molar refractivity (Wildman–Crippen MR) is 74.0 cm³/mol. The molecule has 1 fully saturated rings. The monoisotopic (exact) mass is 284 g/mol. The molecule has 0 radical (unpaired) electrons. The number of carbonyl (C=O) groups excluding carboxylic acids is 2. The summed E-state index contributed by atoms with van der Waals surface area (Å²) in [6, 6.07) is 0. The Bertz CT molecular complexity index is 393. The van der Waals surface area contributed by atoms with E-state index in [0.717, 1.165) is 6.42 Å². The van der Waals surface area contributed by atoms with Crippen molar-refractivity contribution in [2.75, 3.05) is 6.54 Å². The largest absolute Gasteiger partial charge is 0.481 e. The van der Waals surface area contributed by atoms with Crippen molar-refractivity contribution in [3.63, 3.8) is 0 Å². The van der Waals surface area contributed by atoms with Gasteiger partial charge in [0.15, 0.2) is 0 Å². The van der Waals surface area contributed by atoms with Crippen LogP contribution in [0.2, 0.25) is 0 Å². The molecule has 1 rings (SSSR count). The fraction of sp³-hybridized carbons (Fsp3) is 0.786. The number of carbonyl (C=O) groups is 3. The van der Waals surface area contributed by atoms with Crippen molar-refractivity contribution >= 4 is 17.8 Å². The van der Waals surface area contributed by atoms with Crippen molar-refractivity contribution < 1.29 is 19.5 Å². The summed E-state index contributed by atoms with van der Waals surface area (Å²) in [6.07, 6.45) is 1.53. The minimum Gasteiger partial charge on any atom is -0.481 e. The third-order valence-corrected chi connectivity index (χ3v) is 3.54. The Labute approximate surface area is 119 Å². The highest BCUT2D eigenvalue weighted by Crippen LogP contribution is 2.37. The Kier molecular flexibility index (Phi) is 5.53. The van der Waals surface area contributed by atoms with Crippen LogP contribution in [-0.2, 0) is 14.4 Å². The van der Waals surface area contributed by atoms with Crippen molar-refractivity contribution in [2.45, 2.75) is 52.0 Å². The van der Waals surface area contributed by atoms with Crippen molar-refractivity contribution in [1.82, 2.24) is 10.6 Å². The van der Waals surface area contributed by atoms with E-state index in [1.807, 2.05) is 6.92 Å². The molecular weight excluding hydrogens is 260 g/mol. The second-order valence-electron chi connectivity index (χ2n) is 6.19. The van der Waals surface area contributed by atoms with E-state index in [0.29, 0.717) is 18.9 Å². The lowest BCUT2D eigenvalue weighted by atomic mass is 9.98. The summed E-state index contributed by atoms with van der Waals surface area (Å²) >= 11 is 0. The van der Waals surface area contributed by atoms with Gasteiger partial charge in [-0.2, -0.15) is 0 Å². The van der Waals surface area contributed by atoms with Gasteiger partial charge in [0.05, 0.1) is 0 Å². The van der Waals surface area contributed by atoms with Gasteiger partial charge in [0.2, 0.25) is 11.8 Å². The van der Waals surface area contributed by atoms with Crippen LogP contribution in [0.5, 0.6) is 0 Å². The highest BCUT2D eigenvalue weighted by Gasteiger charge is 2.38. The highest BCUT2D eigenvalue weighted by molar-refractivity contribution is 5.82. The lowest BCUT2D eigenvalue weighted by molar-refractivity contribution is -0.138. The van der Waals surface area contributed by atoms with Crippen LogP contribution < -0.4 is 10.6 Å². The second-order valence-corrected chi connectivity index (χ2v) is 6.19. The summed E-state index contributed by atoms with van der Waals surface area (Å²) in [7, 11) is 0. The maximum atomic E-state index is 11.7. The number of hydrogen-bond donors (Lipinski definition) is 3. The van der Waals surface area contributed by atoms with E-state index in [-0.39, 0.29) is 30.6 Å². The molecule has 0 heterocycles. The summed E-state index contributed by atoms with van der Waals surface area (Å²) in [5.41, 5.74) is -0.551. The molecule has 0 aromatic rings. The Balaban J connectivity index is 2.18. The van der Waals surface area contributed by atoms with E-state index in [4.69, 9.17) is 5.11 Å². The molecule has 20 heavy (non-hydrogen) atoms. The number of amides is 2. The number of nitrogens with one attached hydrogen (secondary N) is 2. The van der Waals surface area contributed by atoms with E-state index in [2.05, 4.69) is 10.6 Å². The molecule has 0 bridgehead atoms. The molecule has 6 heteroatoms. The van der Waals surface area contributed by atoms with Crippen LogP contribution >= 0.6 is 0 Å². The van der Waals surface area contributed by atoms with Crippen molar-refractivity contribution in [1.29, 1.82) is 0 Å². The Morgan fingerprint density at radius 3 is 2.35 bits per heavy atom. The van der Waals surface area contributed by atoms with E-state index < -0.39 is 11.5 Å². The molecule has 2 atom stereocenters. The molecule has 0 aliphatic heterocycles. The van der Waals surface area contributed by atoms with Gasteiger partial charge in [-0.1, -0.05) is 6.92 Å². The maximum absolute atomic E-state index is 11.7. The van der Waals surface area contributed by atoms with Crippen LogP contribution in [0.25, 0.3) is 0 Å². The van der Waals surface area contributed by atoms with Crippen molar-refractivity contribution in [2.24, 2.45) is 11.8 Å². The summed E-state index contributed by atoms with van der Waals surface area (Å²) in [4.78, 5) is 33.8. The molecule has 0 aromatic carbocycles. The second kappa shape index (κ2) is 6.72. The van der Waals surface area contributed by atoms with E-state index in [1.165, 1.54) is 0 Å². The quantitative estimate of drug-likeness (QED) is 0.617. The Morgan fingerprint density at radius 1 is 1.25 bits per heavy atom. The zero-order valence-corrected chi connectivity index (χ0v) is 12.4. The van der Waals surface area contributed by atoms with Crippen LogP contribution in [0.1, 0.15) is 46.5 Å². The normalized spacial score (nSPS) is 21.1. The van der Waals surface area contributed by atoms with Crippen molar-refractivity contribution in [3.05, 3.63) is 0 Å². The predicted octanol–water partition coefficient (Wildman–Crippen LogP) is 0.908. The minimum atomic E-state index is -0.877. The fourth-order valence-electron chi connectivity index (χ4n) is 2.04. The van der Waals surface area contributed by atoms with E-state index >= 15 is 0 Å². The Morgan fingerprint density at radius 2 is 1.85 bits per heavy atom. The topological polar surface area (TPSA) is 95.5 Å². The molecular formula is C14H24N2O4. The van der Waals surface area contributed by atoms with Crippen LogP contribution in [0, 0.1) is 11.8 Å². The highest BCUT2D eigenvalue weighted by atomic mass is 16.4. The molecule has 6 nitrogen and oxygen atoms in total. The molecule has 2 unspecified atom stereocenters. The first-order valence-electron chi connectivity index (χ1n) is 7.02. The van der Waals surface area contributed by atoms with Gasteiger partial charge < -0.3 is 15.7 Å². The number of carboxylic acids is 1. The summed E-state index contributed by atoms with van der Waals surface area (Å²) in [5.74, 6) is -0.457. The average Bonchev–Trinajstić information content (AvgIpc) is 3.03. The minimum absolute atomic E-state index is 0.0174. The van der Waals surface area contributed by atoms with E-state index in [1.54, 1.807) is 13.8 Å². The first-order chi connectivity index (χ1) is 9.21. The van der Waals surface area contributed by atoms with Gasteiger partial charge >= 0.3 is 5.97 Å². The summed E-state index contributed by atoms with van der Waals surface area (Å²) in [5, 5.41) is 14.2. The first-order valence-corrected chi connectivity index (χ1v) is 7.02. The molecule has 0 spiro atoms. The van der Waals surface area contributed by atoms with Gasteiger partial charge in [0.25, 0.3) is 0 Å². The maximum Gasteiger partial charge on any atom is 0.303 e. The standard InChI is InChI=1S/C14H24N2O4/c1-9-8-10(9)13(20)15-7-5-11(17)16-14(2,3)6-4-12(18)19/h9-10H,4-8H2,1-3H3,(H,15,20)(H,16,17)(H,18,19).